The first-order chi connectivity index (χ1) is 9.03. The van der Waals surface area contributed by atoms with Gasteiger partial charge >= 0.3 is 0 Å². The molecule has 0 saturated carbocycles. The summed E-state index contributed by atoms with van der Waals surface area (Å²) in [7, 11) is -2.84. The fourth-order valence-electron chi connectivity index (χ4n) is 2.36. The van der Waals surface area contributed by atoms with E-state index in [9.17, 15) is 8.42 Å². The minimum atomic E-state index is -2.84. The first-order valence-electron chi connectivity index (χ1n) is 6.27. The molecule has 0 radical (unpaired) electrons. The highest BCUT2D eigenvalue weighted by Gasteiger charge is 2.27. The zero-order valence-electron chi connectivity index (χ0n) is 10.7. The number of aromatic amines is 1. The van der Waals surface area contributed by atoms with Gasteiger partial charge in [-0.05, 0) is 25.0 Å². The average Bonchev–Trinajstić information content (AvgIpc) is 2.91. The summed E-state index contributed by atoms with van der Waals surface area (Å²) in [5.74, 6) is 1.30. The van der Waals surface area contributed by atoms with E-state index in [4.69, 9.17) is 0 Å². The molecule has 2 aromatic heterocycles. The SMILES string of the molecule is Cc1ccnc2nc(CNC3CCS(=O)(=O)C3)[nH]c12. The van der Waals surface area contributed by atoms with E-state index in [1.807, 2.05) is 13.0 Å². The van der Waals surface area contributed by atoms with Gasteiger partial charge in [0.2, 0.25) is 0 Å². The van der Waals surface area contributed by atoms with Crippen LogP contribution in [0.4, 0.5) is 0 Å². The van der Waals surface area contributed by atoms with Crippen LogP contribution in [0.2, 0.25) is 0 Å². The first-order valence-corrected chi connectivity index (χ1v) is 8.10. The van der Waals surface area contributed by atoms with E-state index in [1.54, 1.807) is 6.20 Å². The molecule has 1 fully saturated rings. The van der Waals surface area contributed by atoms with E-state index >= 15 is 0 Å². The van der Waals surface area contributed by atoms with E-state index in [0.29, 0.717) is 18.6 Å². The Kier molecular flexibility index (Phi) is 3.02. The van der Waals surface area contributed by atoms with Gasteiger partial charge in [0, 0.05) is 12.2 Å². The maximum absolute atomic E-state index is 11.4. The van der Waals surface area contributed by atoms with Crippen molar-refractivity contribution in [1.29, 1.82) is 0 Å². The van der Waals surface area contributed by atoms with Crippen molar-refractivity contribution in [1.82, 2.24) is 20.3 Å². The van der Waals surface area contributed by atoms with Crippen LogP contribution in [0.1, 0.15) is 17.8 Å². The Balaban J connectivity index is 1.71. The van der Waals surface area contributed by atoms with Crippen molar-refractivity contribution in [2.24, 2.45) is 0 Å². The van der Waals surface area contributed by atoms with Crippen molar-refractivity contribution < 1.29 is 8.42 Å². The van der Waals surface area contributed by atoms with Gasteiger partial charge in [-0.1, -0.05) is 0 Å². The van der Waals surface area contributed by atoms with E-state index in [-0.39, 0.29) is 17.5 Å². The molecule has 1 aliphatic rings. The van der Waals surface area contributed by atoms with Crippen LogP contribution in [0.15, 0.2) is 12.3 Å². The molecule has 0 amide bonds. The van der Waals surface area contributed by atoms with Gasteiger partial charge in [0.1, 0.15) is 5.82 Å². The number of hydrogen-bond acceptors (Lipinski definition) is 5. The fraction of sp³-hybridized carbons (Fsp3) is 0.500. The topological polar surface area (TPSA) is 87.7 Å². The second-order valence-corrected chi connectivity index (χ2v) is 7.22. The third kappa shape index (κ3) is 2.62. The minimum absolute atomic E-state index is 0.0345. The second-order valence-electron chi connectivity index (χ2n) is 4.99. The summed E-state index contributed by atoms with van der Waals surface area (Å²) in [6.45, 7) is 2.54. The number of nitrogens with zero attached hydrogens (tertiary/aromatic N) is 2. The van der Waals surface area contributed by atoms with Crippen LogP contribution in [0, 0.1) is 6.92 Å². The van der Waals surface area contributed by atoms with Crippen LogP contribution in [-0.2, 0) is 16.4 Å². The molecule has 102 valence electrons. The smallest absolute Gasteiger partial charge is 0.178 e. The molecule has 2 N–H and O–H groups in total. The Morgan fingerprint density at radius 3 is 3.05 bits per heavy atom. The molecule has 1 saturated heterocycles. The van der Waals surface area contributed by atoms with Crippen molar-refractivity contribution in [3.05, 3.63) is 23.7 Å². The third-order valence-corrected chi connectivity index (χ3v) is 5.21. The molecular weight excluding hydrogens is 264 g/mol. The summed E-state index contributed by atoms with van der Waals surface area (Å²) < 4.78 is 22.7. The predicted octanol–water partition coefficient (Wildman–Crippen LogP) is 0.543. The van der Waals surface area contributed by atoms with Gasteiger partial charge in [0.05, 0.1) is 23.6 Å². The maximum atomic E-state index is 11.4. The number of aryl methyl sites for hydroxylation is 1. The van der Waals surface area contributed by atoms with E-state index < -0.39 is 9.84 Å². The molecule has 6 nitrogen and oxygen atoms in total. The van der Waals surface area contributed by atoms with Crippen molar-refractivity contribution in [3.8, 4) is 0 Å². The predicted molar refractivity (Wildman–Crippen MR) is 72.5 cm³/mol. The van der Waals surface area contributed by atoms with Gasteiger partial charge in [-0.2, -0.15) is 0 Å². The van der Waals surface area contributed by atoms with Gasteiger partial charge < -0.3 is 10.3 Å². The summed E-state index contributed by atoms with van der Waals surface area (Å²) in [5, 5.41) is 3.23. The van der Waals surface area contributed by atoms with Crippen LogP contribution in [0.25, 0.3) is 11.2 Å². The van der Waals surface area contributed by atoms with Crippen LogP contribution < -0.4 is 5.32 Å². The number of imidazole rings is 1. The lowest BCUT2D eigenvalue weighted by atomic mass is 10.2. The summed E-state index contributed by atoms with van der Waals surface area (Å²) in [6.07, 6.45) is 2.42. The van der Waals surface area contributed by atoms with Gasteiger partial charge in [-0.25, -0.2) is 18.4 Å². The number of hydrogen-bond donors (Lipinski definition) is 2. The van der Waals surface area contributed by atoms with Crippen molar-refractivity contribution in [2.75, 3.05) is 11.5 Å². The normalized spacial score (nSPS) is 22.1. The highest BCUT2D eigenvalue weighted by molar-refractivity contribution is 7.91. The zero-order valence-corrected chi connectivity index (χ0v) is 11.5. The fourth-order valence-corrected chi connectivity index (χ4v) is 4.07. The molecular formula is C12H16N4O2S. The molecule has 1 unspecified atom stereocenters. The Bertz CT molecular complexity index is 708. The molecule has 0 bridgehead atoms. The number of nitrogens with one attached hydrogen (secondary N) is 2. The minimum Gasteiger partial charge on any atom is -0.339 e. The second kappa shape index (κ2) is 4.57. The zero-order chi connectivity index (χ0) is 13.5. The molecule has 3 rings (SSSR count). The Morgan fingerprint density at radius 1 is 1.53 bits per heavy atom. The molecule has 0 spiro atoms. The number of pyridine rings is 1. The summed E-state index contributed by atoms with van der Waals surface area (Å²) in [4.78, 5) is 11.8. The Hall–Kier alpha value is -1.47. The molecule has 1 atom stereocenters. The highest BCUT2D eigenvalue weighted by Crippen LogP contribution is 2.14. The Labute approximate surface area is 111 Å². The number of rotatable bonds is 3. The molecule has 7 heteroatoms. The average molecular weight is 280 g/mol. The number of aromatic nitrogens is 3. The summed E-state index contributed by atoms with van der Waals surface area (Å²) in [5.41, 5.74) is 2.75. The molecule has 2 aromatic rings. The molecule has 3 heterocycles. The number of H-pyrrole nitrogens is 1. The summed E-state index contributed by atoms with van der Waals surface area (Å²) >= 11 is 0. The van der Waals surface area contributed by atoms with Gasteiger partial charge in [-0.15, -0.1) is 0 Å². The van der Waals surface area contributed by atoms with Crippen molar-refractivity contribution >= 4 is 21.0 Å². The standard InChI is InChI=1S/C12H16N4O2S/c1-8-2-4-13-12-11(8)15-10(16-12)6-14-9-3-5-19(17,18)7-9/h2,4,9,14H,3,5-7H2,1H3,(H,13,15,16). The van der Waals surface area contributed by atoms with Crippen molar-refractivity contribution in [2.45, 2.75) is 25.9 Å². The van der Waals surface area contributed by atoms with E-state index in [2.05, 4.69) is 20.3 Å². The highest BCUT2D eigenvalue weighted by atomic mass is 32.2. The molecule has 19 heavy (non-hydrogen) atoms. The largest absolute Gasteiger partial charge is 0.339 e. The van der Waals surface area contributed by atoms with Gasteiger partial charge in [-0.3, -0.25) is 0 Å². The monoisotopic (exact) mass is 280 g/mol. The lowest BCUT2D eigenvalue weighted by molar-refractivity contribution is 0.544. The van der Waals surface area contributed by atoms with E-state index in [1.165, 1.54) is 0 Å². The molecule has 0 aromatic carbocycles. The van der Waals surface area contributed by atoms with Crippen LogP contribution in [-0.4, -0.2) is 40.9 Å². The number of sulfone groups is 1. The number of fused-ring (bicyclic) bond motifs is 1. The lowest BCUT2D eigenvalue weighted by Crippen LogP contribution is -2.29. The van der Waals surface area contributed by atoms with Crippen molar-refractivity contribution in [3.63, 3.8) is 0 Å². The van der Waals surface area contributed by atoms with E-state index in [0.717, 1.165) is 16.9 Å². The third-order valence-electron chi connectivity index (χ3n) is 3.44. The van der Waals surface area contributed by atoms with Crippen LogP contribution in [0.3, 0.4) is 0 Å². The van der Waals surface area contributed by atoms with Gasteiger partial charge in [0.25, 0.3) is 0 Å². The molecule has 1 aliphatic heterocycles. The lowest BCUT2D eigenvalue weighted by Gasteiger charge is -2.08. The summed E-state index contributed by atoms with van der Waals surface area (Å²) in [6, 6.07) is 1.97. The Morgan fingerprint density at radius 2 is 2.37 bits per heavy atom. The first kappa shape index (κ1) is 12.6. The van der Waals surface area contributed by atoms with Crippen LogP contribution >= 0.6 is 0 Å². The van der Waals surface area contributed by atoms with Gasteiger partial charge in [0.15, 0.2) is 15.5 Å². The maximum Gasteiger partial charge on any atom is 0.178 e. The molecule has 0 aliphatic carbocycles. The quantitative estimate of drug-likeness (QED) is 0.857. The van der Waals surface area contributed by atoms with Crippen LogP contribution in [0.5, 0.6) is 0 Å².